The van der Waals surface area contributed by atoms with Gasteiger partial charge in [-0.05, 0) is 6.07 Å². The lowest BCUT2D eigenvalue weighted by Crippen LogP contribution is -2.27. The second-order valence-electron chi connectivity index (χ2n) is 3.30. The highest BCUT2D eigenvalue weighted by Crippen LogP contribution is 1.90. The lowest BCUT2D eigenvalue weighted by molar-refractivity contribution is 0.0947. The highest BCUT2D eigenvalue weighted by atomic mass is 16.2. The zero-order valence-electron chi connectivity index (χ0n) is 8.87. The van der Waals surface area contributed by atoms with Crippen molar-refractivity contribution in [1.82, 2.24) is 30.1 Å². The minimum atomic E-state index is -0.222. The molecule has 0 fully saturated rings. The molecular formula is C9H12N6O. The van der Waals surface area contributed by atoms with Crippen molar-refractivity contribution >= 4 is 5.91 Å². The second-order valence-corrected chi connectivity index (χ2v) is 3.30. The molecule has 0 aromatic carbocycles. The Labute approximate surface area is 92.1 Å². The van der Waals surface area contributed by atoms with Crippen LogP contribution in [0.3, 0.4) is 0 Å². The van der Waals surface area contributed by atoms with Crippen LogP contribution in [0.1, 0.15) is 10.5 Å². The molecule has 84 valence electrons. The fourth-order valence-corrected chi connectivity index (χ4v) is 1.26. The number of nitrogens with zero attached hydrogens (tertiary/aromatic N) is 5. The zero-order valence-corrected chi connectivity index (χ0v) is 8.87. The van der Waals surface area contributed by atoms with Gasteiger partial charge in [-0.25, -0.2) is 0 Å². The number of aromatic nitrogens is 5. The number of aryl methyl sites for hydroxylation is 1. The van der Waals surface area contributed by atoms with E-state index in [-0.39, 0.29) is 5.91 Å². The molecule has 0 aliphatic rings. The monoisotopic (exact) mass is 220 g/mol. The van der Waals surface area contributed by atoms with E-state index >= 15 is 0 Å². The number of rotatable bonds is 4. The first-order chi connectivity index (χ1) is 7.75. The molecular weight excluding hydrogens is 208 g/mol. The Hall–Kier alpha value is -2.18. The molecule has 0 radical (unpaired) electrons. The van der Waals surface area contributed by atoms with Gasteiger partial charge < -0.3 is 5.32 Å². The largest absolute Gasteiger partial charge is 0.349 e. The molecule has 0 aliphatic carbocycles. The van der Waals surface area contributed by atoms with Gasteiger partial charge in [-0.3, -0.25) is 14.2 Å². The van der Waals surface area contributed by atoms with Crippen LogP contribution >= 0.6 is 0 Å². The molecule has 2 heterocycles. The number of hydrogen-bond donors (Lipinski definition) is 1. The van der Waals surface area contributed by atoms with Gasteiger partial charge in [-0.1, -0.05) is 5.21 Å². The summed E-state index contributed by atoms with van der Waals surface area (Å²) in [4.78, 5) is 11.5. The van der Waals surface area contributed by atoms with Crippen molar-refractivity contribution < 1.29 is 4.79 Å². The highest BCUT2D eigenvalue weighted by molar-refractivity contribution is 5.91. The van der Waals surface area contributed by atoms with Gasteiger partial charge in [0.1, 0.15) is 0 Å². The average Bonchev–Trinajstić information content (AvgIpc) is 2.89. The number of hydrogen-bond acceptors (Lipinski definition) is 4. The van der Waals surface area contributed by atoms with E-state index in [1.54, 1.807) is 24.1 Å². The summed E-state index contributed by atoms with van der Waals surface area (Å²) >= 11 is 0. The van der Waals surface area contributed by atoms with Crippen LogP contribution in [0.5, 0.6) is 0 Å². The molecule has 1 amide bonds. The molecule has 1 N–H and O–H groups in total. The summed E-state index contributed by atoms with van der Waals surface area (Å²) < 4.78 is 3.24. The predicted molar refractivity (Wildman–Crippen MR) is 55.6 cm³/mol. The first-order valence-electron chi connectivity index (χ1n) is 4.87. The van der Waals surface area contributed by atoms with Crippen molar-refractivity contribution in [2.75, 3.05) is 6.54 Å². The Morgan fingerprint density at radius 3 is 3.06 bits per heavy atom. The van der Waals surface area contributed by atoms with Gasteiger partial charge in [0.15, 0.2) is 5.69 Å². The van der Waals surface area contributed by atoms with Gasteiger partial charge in [0, 0.05) is 26.0 Å². The van der Waals surface area contributed by atoms with Crippen molar-refractivity contribution in [3.8, 4) is 0 Å². The van der Waals surface area contributed by atoms with E-state index in [9.17, 15) is 4.79 Å². The van der Waals surface area contributed by atoms with Crippen LogP contribution in [-0.2, 0) is 13.6 Å². The van der Waals surface area contributed by atoms with Crippen LogP contribution in [0.25, 0.3) is 0 Å². The SMILES string of the molecule is Cn1cc(C(=O)NCCn2cccn2)nn1. The van der Waals surface area contributed by atoms with Gasteiger partial charge >= 0.3 is 0 Å². The third kappa shape index (κ3) is 2.44. The maximum absolute atomic E-state index is 11.5. The quantitative estimate of drug-likeness (QED) is 0.749. The summed E-state index contributed by atoms with van der Waals surface area (Å²) in [5.41, 5.74) is 0.322. The zero-order chi connectivity index (χ0) is 11.4. The number of carbonyl (C=O) groups is 1. The fraction of sp³-hybridized carbons (Fsp3) is 0.333. The molecule has 0 spiro atoms. The van der Waals surface area contributed by atoms with Gasteiger partial charge in [0.2, 0.25) is 0 Å². The Morgan fingerprint density at radius 2 is 2.44 bits per heavy atom. The van der Waals surface area contributed by atoms with Crippen LogP contribution in [0, 0.1) is 0 Å². The molecule has 16 heavy (non-hydrogen) atoms. The van der Waals surface area contributed by atoms with Gasteiger partial charge in [0.25, 0.3) is 5.91 Å². The molecule has 0 saturated heterocycles. The minimum Gasteiger partial charge on any atom is -0.349 e. The highest BCUT2D eigenvalue weighted by Gasteiger charge is 2.08. The summed E-state index contributed by atoms with van der Waals surface area (Å²) in [5.74, 6) is -0.222. The molecule has 0 unspecified atom stereocenters. The maximum atomic E-state index is 11.5. The normalized spacial score (nSPS) is 10.3. The van der Waals surface area contributed by atoms with Crippen LogP contribution < -0.4 is 5.32 Å². The van der Waals surface area contributed by atoms with Crippen molar-refractivity contribution in [3.63, 3.8) is 0 Å². The van der Waals surface area contributed by atoms with Crippen LogP contribution in [0.15, 0.2) is 24.7 Å². The Balaban J connectivity index is 1.80. The fourth-order valence-electron chi connectivity index (χ4n) is 1.26. The number of carbonyl (C=O) groups excluding carboxylic acids is 1. The van der Waals surface area contributed by atoms with E-state index in [2.05, 4.69) is 20.7 Å². The second kappa shape index (κ2) is 4.56. The Bertz CT molecular complexity index is 460. The van der Waals surface area contributed by atoms with Crippen LogP contribution in [-0.4, -0.2) is 37.2 Å². The summed E-state index contributed by atoms with van der Waals surface area (Å²) in [6, 6.07) is 1.84. The summed E-state index contributed by atoms with van der Waals surface area (Å²) in [6.07, 6.45) is 5.11. The van der Waals surface area contributed by atoms with E-state index in [0.717, 1.165) is 0 Å². The van der Waals surface area contributed by atoms with E-state index in [4.69, 9.17) is 0 Å². The van der Waals surface area contributed by atoms with Crippen LogP contribution in [0.4, 0.5) is 0 Å². The summed E-state index contributed by atoms with van der Waals surface area (Å²) in [5, 5.41) is 14.2. The minimum absolute atomic E-state index is 0.222. The number of amides is 1. The molecule has 7 heteroatoms. The molecule has 0 aliphatic heterocycles. The van der Waals surface area contributed by atoms with E-state index in [1.807, 2.05) is 12.3 Å². The third-order valence-corrected chi connectivity index (χ3v) is 2.02. The average molecular weight is 220 g/mol. The molecule has 2 rings (SSSR count). The van der Waals surface area contributed by atoms with Crippen LogP contribution in [0.2, 0.25) is 0 Å². The molecule has 2 aromatic rings. The maximum Gasteiger partial charge on any atom is 0.273 e. The van der Waals surface area contributed by atoms with Crippen molar-refractivity contribution in [2.24, 2.45) is 7.05 Å². The molecule has 0 saturated carbocycles. The van der Waals surface area contributed by atoms with Crippen molar-refractivity contribution in [2.45, 2.75) is 6.54 Å². The van der Waals surface area contributed by atoms with Gasteiger partial charge in [-0.15, -0.1) is 5.10 Å². The van der Waals surface area contributed by atoms with Gasteiger partial charge in [0.05, 0.1) is 12.7 Å². The summed E-state index contributed by atoms with van der Waals surface area (Å²) in [7, 11) is 1.72. The van der Waals surface area contributed by atoms with E-state index in [1.165, 1.54) is 4.68 Å². The smallest absolute Gasteiger partial charge is 0.273 e. The van der Waals surface area contributed by atoms with Crippen molar-refractivity contribution in [3.05, 3.63) is 30.4 Å². The first-order valence-corrected chi connectivity index (χ1v) is 4.87. The standard InChI is InChI=1S/C9H12N6O/c1-14-7-8(12-13-14)9(16)10-4-6-15-5-2-3-11-15/h2-3,5,7H,4,6H2,1H3,(H,10,16). The third-order valence-electron chi connectivity index (χ3n) is 2.02. The lowest BCUT2D eigenvalue weighted by Gasteiger charge is -2.02. The first kappa shape index (κ1) is 10.3. The molecule has 2 aromatic heterocycles. The topological polar surface area (TPSA) is 77.6 Å². The number of nitrogens with one attached hydrogen (secondary N) is 1. The molecule has 0 atom stereocenters. The molecule has 0 bridgehead atoms. The van der Waals surface area contributed by atoms with E-state index < -0.39 is 0 Å². The Morgan fingerprint density at radius 1 is 1.56 bits per heavy atom. The molecule has 7 nitrogen and oxygen atoms in total. The summed E-state index contributed by atoms with van der Waals surface area (Å²) in [6.45, 7) is 1.15. The predicted octanol–water partition coefficient (Wildman–Crippen LogP) is -0.558. The lowest BCUT2D eigenvalue weighted by atomic mass is 10.4. The van der Waals surface area contributed by atoms with Gasteiger partial charge in [-0.2, -0.15) is 5.10 Å². The van der Waals surface area contributed by atoms with Crippen molar-refractivity contribution in [1.29, 1.82) is 0 Å². The van der Waals surface area contributed by atoms with E-state index in [0.29, 0.717) is 18.8 Å². The Kier molecular flexibility index (Phi) is 2.95.